The fraction of sp³-hybridized carbons (Fsp3) is 0.333. The van der Waals surface area contributed by atoms with E-state index in [0.29, 0.717) is 5.69 Å². The lowest BCUT2D eigenvalue weighted by Gasteiger charge is -2.08. The van der Waals surface area contributed by atoms with Gasteiger partial charge in [0.25, 0.3) is 0 Å². The molecular formula is C9H9BrINO2. The number of halogens is 2. The minimum atomic E-state index is -0.378. The number of carbonyl (C=O) groups excluding carboxylic acids is 1. The number of aromatic nitrogens is 1. The van der Waals surface area contributed by atoms with Crippen molar-refractivity contribution in [3.8, 4) is 0 Å². The van der Waals surface area contributed by atoms with Crippen LogP contribution in [-0.4, -0.2) is 17.1 Å². The van der Waals surface area contributed by atoms with Gasteiger partial charge in [0.15, 0.2) is 5.69 Å². The maximum absolute atomic E-state index is 11.5. The van der Waals surface area contributed by atoms with Crippen molar-refractivity contribution in [1.82, 2.24) is 4.98 Å². The summed E-state index contributed by atoms with van der Waals surface area (Å²) in [4.78, 5) is 15.5. The molecule has 0 fully saturated rings. The first kappa shape index (κ1) is 11.9. The van der Waals surface area contributed by atoms with Gasteiger partial charge in [-0.3, -0.25) is 0 Å². The number of carbonyl (C=O) groups is 1. The van der Waals surface area contributed by atoms with Crippen molar-refractivity contribution in [2.45, 2.75) is 20.0 Å². The summed E-state index contributed by atoms with van der Waals surface area (Å²) in [5.41, 5.74) is 0.363. The van der Waals surface area contributed by atoms with Gasteiger partial charge in [-0.25, -0.2) is 9.78 Å². The van der Waals surface area contributed by atoms with E-state index >= 15 is 0 Å². The second kappa shape index (κ2) is 5.06. The van der Waals surface area contributed by atoms with Gasteiger partial charge in [-0.2, -0.15) is 0 Å². The highest BCUT2D eigenvalue weighted by Gasteiger charge is 2.14. The van der Waals surface area contributed by atoms with Gasteiger partial charge in [0.2, 0.25) is 0 Å². The minimum Gasteiger partial charge on any atom is -0.458 e. The molecule has 0 bridgehead atoms. The first-order valence-electron chi connectivity index (χ1n) is 4.02. The lowest BCUT2D eigenvalue weighted by molar-refractivity contribution is 0.0369. The predicted molar refractivity (Wildman–Crippen MR) is 65.2 cm³/mol. The van der Waals surface area contributed by atoms with Crippen LogP contribution < -0.4 is 0 Å². The Hall–Kier alpha value is -0.170. The third kappa shape index (κ3) is 3.20. The predicted octanol–water partition coefficient (Wildman–Crippen LogP) is 3.01. The van der Waals surface area contributed by atoms with E-state index in [1.807, 2.05) is 19.9 Å². The zero-order valence-electron chi connectivity index (χ0n) is 7.75. The van der Waals surface area contributed by atoms with Gasteiger partial charge < -0.3 is 4.74 Å². The first-order chi connectivity index (χ1) is 6.50. The standard InChI is InChI=1S/C9H9BrINO2/c1-5(2)14-9(13)8-7(11)3-6(10)4-12-8/h3-5H,1-2H3. The van der Waals surface area contributed by atoms with E-state index in [-0.39, 0.29) is 12.1 Å². The number of hydrogen-bond acceptors (Lipinski definition) is 3. The summed E-state index contributed by atoms with van der Waals surface area (Å²) in [5, 5.41) is 0. The summed E-state index contributed by atoms with van der Waals surface area (Å²) in [6, 6.07) is 1.82. The molecule has 3 nitrogen and oxygen atoms in total. The number of hydrogen-bond donors (Lipinski definition) is 0. The van der Waals surface area contributed by atoms with Crippen LogP contribution in [0.25, 0.3) is 0 Å². The molecule has 76 valence electrons. The van der Waals surface area contributed by atoms with Crippen LogP contribution >= 0.6 is 38.5 Å². The molecule has 0 aromatic carbocycles. The summed E-state index contributed by atoms with van der Waals surface area (Å²) in [7, 11) is 0. The summed E-state index contributed by atoms with van der Waals surface area (Å²) < 4.78 is 6.67. The van der Waals surface area contributed by atoms with Crippen LogP contribution in [0.4, 0.5) is 0 Å². The fourth-order valence-corrected chi connectivity index (χ4v) is 2.29. The van der Waals surface area contributed by atoms with Crippen molar-refractivity contribution >= 4 is 44.5 Å². The lowest BCUT2D eigenvalue weighted by atomic mass is 10.3. The van der Waals surface area contributed by atoms with E-state index in [1.54, 1.807) is 6.20 Å². The van der Waals surface area contributed by atoms with Crippen LogP contribution in [0.5, 0.6) is 0 Å². The molecule has 0 atom stereocenters. The monoisotopic (exact) mass is 369 g/mol. The second-order valence-corrected chi connectivity index (χ2v) is 5.02. The first-order valence-corrected chi connectivity index (χ1v) is 5.90. The highest BCUT2D eigenvalue weighted by Crippen LogP contribution is 2.16. The summed E-state index contributed by atoms with van der Waals surface area (Å²) in [5.74, 6) is -0.378. The molecule has 0 unspecified atom stereocenters. The molecule has 0 spiro atoms. The SMILES string of the molecule is CC(C)OC(=O)c1ncc(Br)cc1I. The average Bonchev–Trinajstić information content (AvgIpc) is 2.01. The average molecular weight is 370 g/mol. The Kier molecular flexibility index (Phi) is 4.31. The van der Waals surface area contributed by atoms with Crippen LogP contribution in [-0.2, 0) is 4.74 Å². The topological polar surface area (TPSA) is 39.2 Å². The van der Waals surface area contributed by atoms with Crippen molar-refractivity contribution in [2.75, 3.05) is 0 Å². The number of rotatable bonds is 2. The highest BCUT2D eigenvalue weighted by atomic mass is 127. The van der Waals surface area contributed by atoms with Gasteiger partial charge in [0.1, 0.15) is 0 Å². The smallest absolute Gasteiger partial charge is 0.358 e. The van der Waals surface area contributed by atoms with E-state index in [1.165, 1.54) is 0 Å². The molecule has 0 N–H and O–H groups in total. The van der Waals surface area contributed by atoms with Gasteiger partial charge in [-0.15, -0.1) is 0 Å². The second-order valence-electron chi connectivity index (χ2n) is 2.94. The Morgan fingerprint density at radius 1 is 1.64 bits per heavy atom. The van der Waals surface area contributed by atoms with Crippen molar-refractivity contribution in [2.24, 2.45) is 0 Å². The molecule has 1 rings (SSSR count). The maximum Gasteiger partial charge on any atom is 0.358 e. The highest BCUT2D eigenvalue weighted by molar-refractivity contribution is 14.1. The van der Waals surface area contributed by atoms with Crippen LogP contribution in [0.2, 0.25) is 0 Å². The molecule has 0 amide bonds. The normalized spacial score (nSPS) is 10.4. The number of esters is 1. The number of nitrogens with zero attached hydrogens (tertiary/aromatic N) is 1. The largest absolute Gasteiger partial charge is 0.458 e. The Bertz CT molecular complexity index is 355. The summed E-state index contributed by atoms with van der Waals surface area (Å²) in [6.07, 6.45) is 1.46. The molecule has 0 saturated carbocycles. The zero-order valence-corrected chi connectivity index (χ0v) is 11.5. The van der Waals surface area contributed by atoms with Crippen molar-refractivity contribution in [1.29, 1.82) is 0 Å². The van der Waals surface area contributed by atoms with Crippen molar-refractivity contribution < 1.29 is 9.53 Å². The Morgan fingerprint density at radius 2 is 2.29 bits per heavy atom. The van der Waals surface area contributed by atoms with E-state index in [9.17, 15) is 4.79 Å². The third-order valence-corrected chi connectivity index (χ3v) is 2.60. The molecule has 1 aromatic rings. The van der Waals surface area contributed by atoms with Crippen LogP contribution in [0.1, 0.15) is 24.3 Å². The van der Waals surface area contributed by atoms with E-state index in [0.717, 1.165) is 8.04 Å². The van der Waals surface area contributed by atoms with Gasteiger partial charge in [-0.1, -0.05) is 0 Å². The minimum absolute atomic E-state index is 0.122. The Labute approximate surface area is 105 Å². The molecule has 0 aliphatic heterocycles. The molecular weight excluding hydrogens is 361 g/mol. The van der Waals surface area contributed by atoms with Crippen LogP contribution in [0.15, 0.2) is 16.7 Å². The quantitative estimate of drug-likeness (QED) is 0.594. The third-order valence-electron chi connectivity index (χ3n) is 1.34. The molecule has 0 aliphatic carbocycles. The Balaban J connectivity index is 2.90. The van der Waals surface area contributed by atoms with Crippen LogP contribution in [0.3, 0.4) is 0 Å². The zero-order chi connectivity index (χ0) is 10.7. The molecule has 5 heteroatoms. The van der Waals surface area contributed by atoms with Crippen molar-refractivity contribution in [3.05, 3.63) is 26.0 Å². The lowest BCUT2D eigenvalue weighted by Crippen LogP contribution is -2.14. The van der Waals surface area contributed by atoms with Crippen LogP contribution in [0, 0.1) is 3.57 Å². The molecule has 1 heterocycles. The van der Waals surface area contributed by atoms with Gasteiger partial charge >= 0.3 is 5.97 Å². The number of pyridine rings is 1. The molecule has 0 aliphatic rings. The molecule has 0 radical (unpaired) electrons. The fourth-order valence-electron chi connectivity index (χ4n) is 0.835. The Morgan fingerprint density at radius 3 is 2.79 bits per heavy atom. The maximum atomic E-state index is 11.5. The van der Waals surface area contributed by atoms with E-state index < -0.39 is 0 Å². The van der Waals surface area contributed by atoms with E-state index in [2.05, 4.69) is 43.5 Å². The molecule has 0 saturated heterocycles. The van der Waals surface area contributed by atoms with Gasteiger partial charge in [-0.05, 0) is 58.4 Å². The molecule has 14 heavy (non-hydrogen) atoms. The summed E-state index contributed by atoms with van der Waals surface area (Å²) in [6.45, 7) is 3.62. The number of ether oxygens (including phenoxy) is 1. The summed E-state index contributed by atoms with van der Waals surface area (Å²) >= 11 is 5.33. The van der Waals surface area contributed by atoms with E-state index in [4.69, 9.17) is 4.74 Å². The van der Waals surface area contributed by atoms with Gasteiger partial charge in [0.05, 0.1) is 6.10 Å². The van der Waals surface area contributed by atoms with Gasteiger partial charge in [0, 0.05) is 14.2 Å². The van der Waals surface area contributed by atoms with Crippen molar-refractivity contribution in [3.63, 3.8) is 0 Å². The molecule has 1 aromatic heterocycles.